The molecule has 1 heterocycles. The topological polar surface area (TPSA) is 13.1 Å². The molecule has 236 valence electrons. The molecule has 0 saturated heterocycles. The first kappa shape index (κ1) is 11.7. The predicted octanol–water partition coefficient (Wildman–Crippen LogP) is 14.4. The molecule has 0 amide bonds. The largest absolute Gasteiger partial charge is 0.456 e. The summed E-state index contributed by atoms with van der Waals surface area (Å²) in [6.07, 6.45) is 0. The molecule has 1 nitrogen and oxygen atoms in total. The van der Waals surface area contributed by atoms with Crippen molar-refractivity contribution in [2.45, 2.75) is 0 Å². The lowest BCUT2D eigenvalue weighted by atomic mass is 9.85. The molecule has 11 rings (SSSR count). The molecule has 0 unspecified atom stereocenters. The highest BCUT2D eigenvalue weighted by molar-refractivity contribution is 6.22. The van der Waals surface area contributed by atoms with Crippen molar-refractivity contribution < 1.29 is 45.5 Å². The van der Waals surface area contributed by atoms with Crippen molar-refractivity contribution in [2.24, 2.45) is 0 Å². The zero-order valence-corrected chi connectivity index (χ0v) is 25.4. The second kappa shape index (κ2) is 10.9. The van der Waals surface area contributed by atoms with Crippen LogP contribution in [0.3, 0.4) is 0 Å². The van der Waals surface area contributed by atoms with Crippen molar-refractivity contribution in [1.82, 2.24) is 0 Å². The van der Waals surface area contributed by atoms with Crippen LogP contribution in [0.1, 0.15) is 41.1 Å². The third kappa shape index (κ3) is 4.28. The Bertz CT molecular complexity index is 4920. The van der Waals surface area contributed by atoms with Gasteiger partial charge in [0.1, 0.15) is 11.2 Å². The first-order valence-electron chi connectivity index (χ1n) is 30.2. The van der Waals surface area contributed by atoms with E-state index in [9.17, 15) is 19.2 Å². The van der Waals surface area contributed by atoms with E-state index in [4.69, 9.17) is 26.3 Å². The molecule has 0 atom stereocenters. The number of hydrogen-bond donors (Lipinski definition) is 0. The van der Waals surface area contributed by atoms with E-state index in [1.165, 1.54) is 0 Å². The van der Waals surface area contributed by atoms with Crippen LogP contribution in [0.4, 0.5) is 0 Å². The number of fused-ring (bicyclic) bond motifs is 9. The van der Waals surface area contributed by atoms with E-state index < -0.39 is 290 Å². The Balaban J connectivity index is 1.47. The summed E-state index contributed by atoms with van der Waals surface area (Å²) in [5.41, 5.74) is -6.37. The lowest BCUT2D eigenvalue weighted by Gasteiger charge is -2.18. The van der Waals surface area contributed by atoms with Crippen LogP contribution in [0.2, 0.25) is 0 Å². The van der Waals surface area contributed by atoms with E-state index in [0.29, 0.717) is 0 Å². The molecule has 1 heteroatoms. The number of hydrogen-bond acceptors (Lipinski definition) is 1. The van der Waals surface area contributed by atoms with Crippen LogP contribution in [0, 0.1) is 0 Å². The van der Waals surface area contributed by atoms with Gasteiger partial charge in [-0.05, 0) is 123 Å². The quantitative estimate of drug-likeness (QED) is 0.170. The molecule has 0 aliphatic rings. The normalized spacial score (nSPS) is 20.2. The predicted molar refractivity (Wildman–Crippen MR) is 218 cm³/mol. The third-order valence-electron chi connectivity index (χ3n) is 8.51. The zero-order chi connectivity index (χ0) is 59.6. The van der Waals surface area contributed by atoms with Crippen LogP contribution in [-0.4, -0.2) is 0 Å². The van der Waals surface area contributed by atoms with Crippen molar-refractivity contribution >= 4 is 75.8 Å². The van der Waals surface area contributed by atoms with Crippen molar-refractivity contribution in [3.8, 4) is 33.4 Å². The average Bonchev–Trinajstić information content (AvgIpc) is 3.90. The minimum atomic E-state index is -1.14. The summed E-state index contributed by atoms with van der Waals surface area (Å²) in [7, 11) is 0. The third-order valence-corrected chi connectivity index (χ3v) is 8.51. The van der Waals surface area contributed by atoms with Gasteiger partial charge in [-0.15, -0.1) is 0 Å². The van der Waals surface area contributed by atoms with Crippen molar-refractivity contribution in [1.29, 1.82) is 0 Å². The average molecular weight is 677 g/mol. The maximum Gasteiger partial charge on any atom is 0.136 e. The Labute approximate surface area is 336 Å². The molecule has 0 aliphatic heterocycles. The van der Waals surface area contributed by atoms with E-state index in [1.54, 1.807) is 0 Å². The molecule has 11 aromatic rings. The number of furan rings is 1. The highest BCUT2D eigenvalue weighted by atomic mass is 16.3. The maximum atomic E-state index is 10.3. The molecule has 0 radical (unpaired) electrons. The monoisotopic (exact) mass is 676 g/mol. The molecular weight excluding hydrogens is 617 g/mol. The first-order valence-corrected chi connectivity index (χ1v) is 15.2. The second-order valence-corrected chi connectivity index (χ2v) is 11.3. The Hall–Kier alpha value is -6.70. The van der Waals surface area contributed by atoms with E-state index in [0.717, 1.165) is 0 Å². The lowest BCUT2D eigenvalue weighted by Crippen LogP contribution is -1.91. The lowest BCUT2D eigenvalue weighted by molar-refractivity contribution is 0.669. The molecule has 0 fully saturated rings. The molecular formula is C50H30O. The van der Waals surface area contributed by atoms with E-state index in [2.05, 4.69) is 0 Å². The van der Waals surface area contributed by atoms with Crippen LogP contribution in [0.5, 0.6) is 0 Å². The Morgan fingerprint density at radius 1 is 0.314 bits per heavy atom. The van der Waals surface area contributed by atoms with Gasteiger partial charge in [0.25, 0.3) is 0 Å². The van der Waals surface area contributed by atoms with E-state index in [1.807, 2.05) is 0 Å². The molecule has 0 spiro atoms. The molecule has 0 saturated carbocycles. The fourth-order valence-corrected chi connectivity index (χ4v) is 6.33. The maximum absolute atomic E-state index is 10.3. The fraction of sp³-hybridized carbons (Fsp3) is 0. The smallest absolute Gasteiger partial charge is 0.136 e. The Kier molecular flexibility index (Phi) is 2.50. The van der Waals surface area contributed by atoms with Crippen molar-refractivity contribution in [3.63, 3.8) is 0 Å². The molecule has 0 aliphatic carbocycles. The van der Waals surface area contributed by atoms with Crippen LogP contribution in [0.25, 0.3) is 109 Å². The first-order chi connectivity index (χ1) is 37.8. The minimum absolute atomic E-state index is 0.436. The van der Waals surface area contributed by atoms with Crippen molar-refractivity contribution in [3.05, 3.63) is 181 Å². The van der Waals surface area contributed by atoms with Gasteiger partial charge in [0.05, 0.1) is 41.1 Å². The molecule has 0 N–H and O–H groups in total. The second-order valence-electron chi connectivity index (χ2n) is 11.3. The number of rotatable bonds is 3. The van der Waals surface area contributed by atoms with Gasteiger partial charge in [0, 0.05) is 10.8 Å². The van der Waals surface area contributed by atoms with Crippen molar-refractivity contribution in [2.75, 3.05) is 0 Å². The summed E-state index contributed by atoms with van der Waals surface area (Å²) in [6.45, 7) is 0. The van der Waals surface area contributed by atoms with E-state index >= 15 is 0 Å². The summed E-state index contributed by atoms with van der Waals surface area (Å²) >= 11 is 0. The highest BCUT2D eigenvalue weighted by Crippen LogP contribution is 2.45. The van der Waals surface area contributed by atoms with Gasteiger partial charge in [-0.25, -0.2) is 0 Å². The van der Waals surface area contributed by atoms with Gasteiger partial charge in [0.2, 0.25) is 0 Å². The molecule has 51 heavy (non-hydrogen) atoms. The fourth-order valence-electron chi connectivity index (χ4n) is 6.33. The van der Waals surface area contributed by atoms with E-state index in [-0.39, 0.29) is 0 Å². The van der Waals surface area contributed by atoms with Crippen LogP contribution in [-0.2, 0) is 0 Å². The summed E-state index contributed by atoms with van der Waals surface area (Å²) in [6, 6.07) is -28.7. The Morgan fingerprint density at radius 2 is 0.882 bits per heavy atom. The molecule has 0 bridgehead atoms. The standard InChI is InChI=1S/C50H30O/c1-5-16-37-31(11-1)15-9-20-41(37)42-21-10-22-43-44(42)29-35-14-4-8-19-40(35)49(43)45-30-36(27-34-13-3-6-17-38(34)45)33-24-25-47-46(28-33)50-39-18-7-2-12-32(39)23-26-48(50)51-47/h1-30H/i1D,2D,3D,4D,5D,6D,7D,8D,9D,10D,11D,12D,13D,14D,15D,16D,17D,18D,19D,20D,21D,22D,23D,24D,25D,26D,27D,28D,29D,30D. The van der Waals surface area contributed by atoms with Crippen LogP contribution < -0.4 is 0 Å². The zero-order valence-electron chi connectivity index (χ0n) is 55.4. The summed E-state index contributed by atoms with van der Waals surface area (Å²) in [5, 5.41) is -8.15. The van der Waals surface area contributed by atoms with Gasteiger partial charge >= 0.3 is 0 Å². The van der Waals surface area contributed by atoms with Crippen LogP contribution in [0.15, 0.2) is 186 Å². The summed E-state index contributed by atoms with van der Waals surface area (Å²) in [4.78, 5) is 0. The summed E-state index contributed by atoms with van der Waals surface area (Å²) in [5.74, 6) is 0. The van der Waals surface area contributed by atoms with Gasteiger partial charge in [-0.1, -0.05) is 145 Å². The van der Waals surface area contributed by atoms with Crippen LogP contribution >= 0.6 is 0 Å². The minimum Gasteiger partial charge on any atom is -0.456 e. The highest BCUT2D eigenvalue weighted by Gasteiger charge is 2.18. The van der Waals surface area contributed by atoms with Gasteiger partial charge in [-0.3, -0.25) is 0 Å². The molecule has 10 aromatic carbocycles. The van der Waals surface area contributed by atoms with Gasteiger partial charge in [0.15, 0.2) is 0 Å². The summed E-state index contributed by atoms with van der Waals surface area (Å²) < 4.78 is 280. The SMILES string of the molecule is [2H]c1c(-c2c([2H])c(-c3c4c([2H])c([2H])c([2H])c([2H])c4c([2H])c4c(-c5c([2H])c([2H])c([2H])c6c([2H])c([2H])c([2H])c([2H])c56)c([2H])c([2H])c([2H])c34)c3c([2H])c([2H])c([2H])c([2H])c3c2[2H])c([2H])c2c(oc3c([2H])c([2H])c4c([2H])c([2H])c([2H])c([2H])c4c32)c1[2H]. The van der Waals surface area contributed by atoms with Gasteiger partial charge < -0.3 is 4.42 Å². The van der Waals surface area contributed by atoms with Gasteiger partial charge in [-0.2, -0.15) is 0 Å². The molecule has 1 aromatic heterocycles. The Morgan fingerprint density at radius 3 is 1.69 bits per heavy atom. The number of benzene rings is 10.